The first-order valence-electron chi connectivity index (χ1n) is 19.9. The van der Waals surface area contributed by atoms with Crippen molar-refractivity contribution >= 4 is 28.7 Å². The van der Waals surface area contributed by atoms with Crippen LogP contribution < -0.4 is 26.4 Å². The Labute approximate surface area is 327 Å². The van der Waals surface area contributed by atoms with Crippen molar-refractivity contribution in [2.24, 2.45) is 28.5 Å². The molecule has 0 aromatic heterocycles. The van der Waals surface area contributed by atoms with Crippen molar-refractivity contribution in [2.45, 2.75) is 100 Å². The molecule has 6 N–H and O–H groups in total. The number of hydrogen-bond acceptors (Lipinski definition) is 7. The van der Waals surface area contributed by atoms with Gasteiger partial charge in [-0.05, 0) is 49.2 Å². The number of carbonyl (C=O) groups excluding carboxylic acids is 1. The summed E-state index contributed by atoms with van der Waals surface area (Å²) in [7, 11) is 1.60. The summed E-state index contributed by atoms with van der Waals surface area (Å²) in [6.45, 7) is 28.6. The van der Waals surface area contributed by atoms with Gasteiger partial charge in [0.15, 0.2) is 0 Å². The van der Waals surface area contributed by atoms with Gasteiger partial charge in [-0.1, -0.05) is 136 Å². The van der Waals surface area contributed by atoms with Crippen LogP contribution >= 0.6 is 0 Å². The third kappa shape index (κ3) is 16.6. The summed E-state index contributed by atoms with van der Waals surface area (Å²) in [5, 5.41) is 18.1. The molecule has 1 atom stereocenters. The molecule has 1 aromatic rings. The van der Waals surface area contributed by atoms with E-state index in [1.54, 1.807) is 25.1 Å². The number of methoxy groups -OCH3 is 1. The maximum atomic E-state index is 12.1. The van der Waals surface area contributed by atoms with Crippen LogP contribution in [-0.4, -0.2) is 55.3 Å². The molecule has 9 nitrogen and oxygen atoms in total. The van der Waals surface area contributed by atoms with E-state index in [1.165, 1.54) is 32.0 Å². The SMILES string of the molecule is C=C/C(=C\CCC)c1cccc(N/C(=C/C(N)=NC(=O)C2CC2)C(=N)C2NC=CN2)c1OC.C=C/C=C\C=C(\CN1CC(C)C1)C(C)CC.CC.CCC. The highest BCUT2D eigenvalue weighted by atomic mass is 16.5. The van der Waals surface area contributed by atoms with Crippen molar-refractivity contribution in [1.82, 2.24) is 15.5 Å². The van der Waals surface area contributed by atoms with Crippen LogP contribution in [0.3, 0.4) is 0 Å². The second-order valence-corrected chi connectivity index (χ2v) is 13.6. The number of carbonyl (C=O) groups is 1. The number of anilines is 1. The van der Waals surface area contributed by atoms with Crippen LogP contribution in [0.4, 0.5) is 5.69 Å². The van der Waals surface area contributed by atoms with E-state index in [4.69, 9.17) is 15.9 Å². The summed E-state index contributed by atoms with van der Waals surface area (Å²) in [5.41, 5.74) is 10.7. The molecule has 1 saturated carbocycles. The molecular weight excluding hydrogens is 671 g/mol. The van der Waals surface area contributed by atoms with E-state index in [1.807, 2.05) is 50.3 Å². The number of ether oxygens (including phenoxy) is 1. The van der Waals surface area contributed by atoms with Crippen LogP contribution in [0.2, 0.25) is 0 Å². The van der Waals surface area contributed by atoms with Crippen LogP contribution in [0.15, 0.2) is 103 Å². The van der Waals surface area contributed by atoms with Gasteiger partial charge in [0.05, 0.1) is 24.2 Å². The van der Waals surface area contributed by atoms with Crippen molar-refractivity contribution < 1.29 is 9.53 Å². The lowest BCUT2D eigenvalue weighted by molar-refractivity contribution is -0.118. The van der Waals surface area contributed by atoms with Gasteiger partial charge in [0.25, 0.3) is 5.91 Å². The van der Waals surface area contributed by atoms with Crippen molar-refractivity contribution in [3.8, 4) is 5.75 Å². The van der Waals surface area contributed by atoms with Crippen molar-refractivity contribution in [1.29, 1.82) is 5.41 Å². The number of rotatable bonds is 17. The lowest BCUT2D eigenvalue weighted by Crippen LogP contribution is -2.46. The van der Waals surface area contributed by atoms with E-state index in [9.17, 15) is 4.79 Å². The minimum absolute atomic E-state index is 0.0285. The molecule has 9 heteroatoms. The summed E-state index contributed by atoms with van der Waals surface area (Å²) < 4.78 is 5.75. The molecule has 54 heavy (non-hydrogen) atoms. The molecule has 1 amide bonds. The topological polar surface area (TPSA) is 128 Å². The highest BCUT2D eigenvalue weighted by molar-refractivity contribution is 6.11. The third-order valence-electron chi connectivity index (χ3n) is 8.67. The van der Waals surface area contributed by atoms with Gasteiger partial charge in [-0.3, -0.25) is 15.1 Å². The van der Waals surface area contributed by atoms with Gasteiger partial charge in [-0.2, -0.15) is 4.99 Å². The number of amides is 1. The number of nitrogens with two attached hydrogens (primary N) is 1. The highest BCUT2D eigenvalue weighted by Crippen LogP contribution is 2.35. The van der Waals surface area contributed by atoms with Gasteiger partial charge in [0.1, 0.15) is 17.8 Å². The number of nitrogens with one attached hydrogen (secondary N) is 4. The third-order valence-corrected chi connectivity index (χ3v) is 8.67. The summed E-state index contributed by atoms with van der Waals surface area (Å²) in [4.78, 5) is 18.6. The highest BCUT2D eigenvalue weighted by Gasteiger charge is 2.29. The molecule has 2 fully saturated rings. The van der Waals surface area contributed by atoms with E-state index in [2.05, 4.69) is 98.8 Å². The first-order chi connectivity index (χ1) is 26.1. The molecule has 298 valence electrons. The molecule has 1 saturated heterocycles. The second kappa shape index (κ2) is 27.0. The van der Waals surface area contributed by atoms with Gasteiger partial charge in [-0.15, -0.1) is 0 Å². The molecule has 1 aliphatic carbocycles. The molecular formula is C45H71N7O2. The number of hydrogen-bond donors (Lipinski definition) is 5. The van der Waals surface area contributed by atoms with E-state index in [-0.39, 0.29) is 23.4 Å². The van der Waals surface area contributed by atoms with Gasteiger partial charge in [0.2, 0.25) is 0 Å². The molecule has 1 unspecified atom stereocenters. The first-order valence-corrected chi connectivity index (χ1v) is 19.9. The van der Waals surface area contributed by atoms with Crippen molar-refractivity contribution in [3.05, 3.63) is 103 Å². The minimum atomic E-state index is -0.446. The molecule has 2 heterocycles. The molecule has 0 bridgehead atoms. The predicted molar refractivity (Wildman–Crippen MR) is 234 cm³/mol. The van der Waals surface area contributed by atoms with Crippen LogP contribution in [0.25, 0.3) is 5.57 Å². The summed E-state index contributed by atoms with van der Waals surface area (Å²) in [6, 6.07) is 5.74. The number of aliphatic imine (C=N–C) groups is 1. The van der Waals surface area contributed by atoms with Gasteiger partial charge in [0, 0.05) is 49.6 Å². The van der Waals surface area contributed by atoms with E-state index >= 15 is 0 Å². The van der Waals surface area contributed by atoms with Crippen LogP contribution in [0.5, 0.6) is 5.75 Å². The number of unbranched alkanes of at least 4 members (excludes halogenated alkanes) is 1. The molecule has 3 aliphatic rings. The Bertz CT molecular complexity index is 1500. The van der Waals surface area contributed by atoms with Crippen LogP contribution in [0, 0.1) is 23.2 Å². The first kappa shape index (κ1) is 47.4. The zero-order valence-corrected chi connectivity index (χ0v) is 34.8. The van der Waals surface area contributed by atoms with Crippen molar-refractivity contribution in [3.63, 3.8) is 0 Å². The zero-order valence-electron chi connectivity index (χ0n) is 34.8. The van der Waals surface area contributed by atoms with Gasteiger partial charge < -0.3 is 26.4 Å². The molecule has 0 radical (unpaired) electrons. The fraction of sp³-hybridized carbons (Fsp3) is 0.489. The average molecular weight is 742 g/mol. The number of nitrogens with zero attached hydrogens (tertiary/aromatic N) is 2. The quantitative estimate of drug-likeness (QED) is 0.0611. The monoisotopic (exact) mass is 742 g/mol. The normalized spacial score (nSPS) is 16.9. The molecule has 0 spiro atoms. The van der Waals surface area contributed by atoms with Crippen LogP contribution in [0.1, 0.15) is 99.5 Å². The smallest absolute Gasteiger partial charge is 0.250 e. The minimum Gasteiger partial charge on any atom is -0.494 e. The lowest BCUT2D eigenvalue weighted by atomic mass is 9.94. The standard InChI is InChI=1S/C25H32N6O2.C15H25N.C3H8.C2H6/c1-4-6-8-16(5-2)18-9-7-10-19(23(18)33-3)30-20(22(27)24-28-13-14-29-24)15-21(26)31-25(32)17-11-12-17;1-5-7-8-9-15(14(4)6-2)12-16-10-13(3)11-16;1-3-2;1-2/h5,7-10,13-15,17,24,27-30H,2,4,6,11-12H2,1,3H3,(H2,26,31,32);5,7-9,13-14H,1,6,10-12H2,2-4H3;3H2,1-2H3;1-2H3/b16-8+,20-15+,27-22?;8-7-,15-9-;;. The Morgan fingerprint density at radius 2 is 1.78 bits per heavy atom. The Kier molecular flexibility index (Phi) is 23.7. The second-order valence-electron chi connectivity index (χ2n) is 13.6. The van der Waals surface area contributed by atoms with E-state index in [0.717, 1.165) is 49.3 Å². The van der Waals surface area contributed by atoms with Crippen LogP contribution in [-0.2, 0) is 4.79 Å². The van der Waals surface area contributed by atoms with Crippen molar-refractivity contribution in [2.75, 3.05) is 32.1 Å². The number of likely N-dealkylation sites (tertiary alicyclic amines) is 1. The number of amidine groups is 1. The maximum Gasteiger partial charge on any atom is 0.250 e. The Hall–Kier alpha value is -4.63. The van der Waals surface area contributed by atoms with E-state index in [0.29, 0.717) is 23.1 Å². The average Bonchev–Trinajstić information content (AvgIpc) is 3.88. The molecule has 1 aromatic carbocycles. The number of para-hydroxylation sites is 1. The summed E-state index contributed by atoms with van der Waals surface area (Å²) in [5.74, 6) is 2.00. The number of benzene rings is 1. The predicted octanol–water partition coefficient (Wildman–Crippen LogP) is 9.76. The van der Waals surface area contributed by atoms with Gasteiger partial charge in [-0.25, -0.2) is 0 Å². The summed E-state index contributed by atoms with van der Waals surface area (Å²) >= 11 is 0. The molecule has 4 rings (SSSR count). The van der Waals surface area contributed by atoms with E-state index < -0.39 is 6.17 Å². The fourth-order valence-corrected chi connectivity index (χ4v) is 5.51. The summed E-state index contributed by atoms with van der Waals surface area (Å²) in [6.07, 6.45) is 22.8. The maximum absolute atomic E-state index is 12.1. The lowest BCUT2D eigenvalue weighted by Gasteiger charge is -2.38. The fourth-order valence-electron chi connectivity index (χ4n) is 5.51. The Morgan fingerprint density at radius 1 is 1.13 bits per heavy atom. The Morgan fingerprint density at radius 3 is 2.30 bits per heavy atom. The number of allylic oxidation sites excluding steroid dienone is 7. The largest absolute Gasteiger partial charge is 0.494 e. The Balaban J connectivity index is 0.000000579. The molecule has 2 aliphatic heterocycles. The van der Waals surface area contributed by atoms with Gasteiger partial charge >= 0.3 is 0 Å². The zero-order chi connectivity index (χ0) is 40.5.